The molecule has 0 radical (unpaired) electrons. The number of carbonyl (C=O) groups excluding carboxylic acids is 2. The normalized spacial score (nSPS) is 17.8. The number of hydrogen-bond donors (Lipinski definition) is 1. The Morgan fingerprint density at radius 2 is 1.86 bits per heavy atom. The summed E-state index contributed by atoms with van der Waals surface area (Å²) < 4.78 is 5.42. The van der Waals surface area contributed by atoms with E-state index in [4.69, 9.17) is 4.74 Å². The summed E-state index contributed by atoms with van der Waals surface area (Å²) in [5.74, 6) is -0.199. The minimum Gasteiger partial charge on any atom is -0.377 e. The van der Waals surface area contributed by atoms with Crippen LogP contribution in [-0.2, 0) is 9.53 Å². The Morgan fingerprint density at radius 3 is 2.52 bits per heavy atom. The minimum absolute atomic E-state index is 0.0316. The lowest BCUT2D eigenvalue weighted by atomic mass is 9.87. The predicted molar refractivity (Wildman–Crippen MR) is 115 cm³/mol. The molecule has 2 atom stereocenters. The molecule has 0 saturated carbocycles. The average Bonchev–Trinajstić information content (AvgIpc) is 2.69. The molecule has 0 aliphatic carbocycles. The number of morpholine rings is 1. The minimum atomic E-state index is -0.255. The topological polar surface area (TPSA) is 58.6 Å². The monoisotopic (exact) mass is 394 g/mol. The van der Waals surface area contributed by atoms with Crippen LogP contribution < -0.4 is 5.32 Å². The van der Waals surface area contributed by atoms with Crippen LogP contribution in [0.2, 0.25) is 0 Å². The molecule has 1 N–H and O–H groups in total. The molecule has 1 fully saturated rings. The van der Waals surface area contributed by atoms with Crippen molar-refractivity contribution in [3.05, 3.63) is 65.2 Å². The maximum atomic E-state index is 13.1. The smallest absolute Gasteiger partial charge is 0.254 e. The molecular formula is C24H30N2O3. The van der Waals surface area contributed by atoms with Crippen molar-refractivity contribution >= 4 is 17.5 Å². The number of amides is 2. The molecular weight excluding hydrogens is 364 g/mol. The molecule has 2 amide bonds. The molecule has 2 aromatic carbocycles. The van der Waals surface area contributed by atoms with Crippen LogP contribution in [0.25, 0.3) is 0 Å². The van der Waals surface area contributed by atoms with Gasteiger partial charge in [0.2, 0.25) is 5.91 Å². The summed E-state index contributed by atoms with van der Waals surface area (Å²) in [5, 5.41) is 3.01. The lowest BCUT2D eigenvalue weighted by Gasteiger charge is -2.33. The van der Waals surface area contributed by atoms with Crippen LogP contribution in [0, 0.1) is 12.8 Å². The van der Waals surface area contributed by atoms with Gasteiger partial charge in [-0.2, -0.15) is 0 Å². The fraction of sp³-hybridized carbons (Fsp3) is 0.417. The summed E-state index contributed by atoms with van der Waals surface area (Å²) in [6.45, 7) is 9.80. The number of hydrogen-bond acceptors (Lipinski definition) is 3. The fourth-order valence-electron chi connectivity index (χ4n) is 3.76. The highest BCUT2D eigenvalue weighted by atomic mass is 16.5. The molecule has 0 spiro atoms. The van der Waals surface area contributed by atoms with Crippen molar-refractivity contribution in [2.45, 2.75) is 39.7 Å². The van der Waals surface area contributed by atoms with E-state index in [0.717, 1.165) is 5.56 Å². The van der Waals surface area contributed by atoms with E-state index >= 15 is 0 Å². The van der Waals surface area contributed by atoms with Gasteiger partial charge in [-0.3, -0.25) is 9.59 Å². The van der Waals surface area contributed by atoms with E-state index < -0.39 is 0 Å². The van der Waals surface area contributed by atoms with Gasteiger partial charge in [-0.15, -0.1) is 0 Å². The largest absolute Gasteiger partial charge is 0.377 e. The second kappa shape index (κ2) is 9.23. The molecule has 154 valence electrons. The summed E-state index contributed by atoms with van der Waals surface area (Å²) in [6, 6.07) is 15.3. The van der Waals surface area contributed by atoms with Crippen molar-refractivity contribution in [2.75, 3.05) is 25.1 Å². The predicted octanol–water partition coefficient (Wildman–Crippen LogP) is 4.23. The van der Waals surface area contributed by atoms with Crippen molar-refractivity contribution in [1.82, 2.24) is 4.90 Å². The number of nitrogens with zero attached hydrogens (tertiary/aromatic N) is 1. The van der Waals surface area contributed by atoms with Crippen LogP contribution in [0.5, 0.6) is 0 Å². The molecule has 5 heteroatoms. The molecule has 1 aliphatic heterocycles. The fourth-order valence-corrected chi connectivity index (χ4v) is 3.76. The number of rotatable bonds is 5. The zero-order chi connectivity index (χ0) is 21.0. The van der Waals surface area contributed by atoms with E-state index in [2.05, 4.69) is 5.32 Å². The number of carbonyl (C=O) groups is 2. The van der Waals surface area contributed by atoms with Crippen LogP contribution in [0.4, 0.5) is 5.69 Å². The number of ether oxygens (including phenoxy) is 1. The third-order valence-electron chi connectivity index (χ3n) is 5.39. The molecule has 3 rings (SSSR count). The zero-order valence-electron chi connectivity index (χ0n) is 17.6. The second-order valence-electron chi connectivity index (χ2n) is 8.12. The van der Waals surface area contributed by atoms with E-state index in [1.807, 2.05) is 69.0 Å². The molecule has 1 saturated heterocycles. The lowest BCUT2D eigenvalue weighted by molar-refractivity contribution is -0.118. The van der Waals surface area contributed by atoms with Gasteiger partial charge in [-0.1, -0.05) is 49.7 Å². The van der Waals surface area contributed by atoms with Crippen LogP contribution in [-0.4, -0.2) is 42.5 Å². The first-order valence-corrected chi connectivity index (χ1v) is 10.2. The highest BCUT2D eigenvalue weighted by molar-refractivity contribution is 5.99. The summed E-state index contributed by atoms with van der Waals surface area (Å²) in [5.41, 5.74) is 3.38. The summed E-state index contributed by atoms with van der Waals surface area (Å²) in [7, 11) is 0. The van der Waals surface area contributed by atoms with Gasteiger partial charge in [-0.25, -0.2) is 0 Å². The molecule has 2 unspecified atom stereocenters. The second-order valence-corrected chi connectivity index (χ2v) is 8.12. The first-order chi connectivity index (χ1) is 13.9. The standard InChI is InChI=1S/C24H30N2O3/c1-16(2)22(19-10-8-17(3)9-11-19)23(27)25-21-7-5-6-20(14-21)24(28)26-12-13-29-15-18(26)4/h5-11,14,16,18,22H,12-13,15H2,1-4H3,(H,25,27). The number of nitrogens with one attached hydrogen (secondary N) is 1. The van der Waals surface area contributed by atoms with Crippen molar-refractivity contribution < 1.29 is 14.3 Å². The van der Waals surface area contributed by atoms with Gasteiger partial charge >= 0.3 is 0 Å². The van der Waals surface area contributed by atoms with Crippen molar-refractivity contribution in [2.24, 2.45) is 5.92 Å². The highest BCUT2D eigenvalue weighted by Crippen LogP contribution is 2.27. The van der Waals surface area contributed by atoms with E-state index in [0.29, 0.717) is 31.0 Å². The molecule has 0 aromatic heterocycles. The summed E-state index contributed by atoms with van der Waals surface area (Å²) in [4.78, 5) is 27.8. The van der Waals surface area contributed by atoms with E-state index in [9.17, 15) is 9.59 Å². The first kappa shape index (κ1) is 21.1. The zero-order valence-corrected chi connectivity index (χ0v) is 17.6. The van der Waals surface area contributed by atoms with Crippen molar-refractivity contribution in [1.29, 1.82) is 0 Å². The summed E-state index contributed by atoms with van der Waals surface area (Å²) >= 11 is 0. The third kappa shape index (κ3) is 5.04. The summed E-state index contributed by atoms with van der Waals surface area (Å²) in [6.07, 6.45) is 0. The molecule has 2 aromatic rings. The Labute approximate surface area is 173 Å². The molecule has 0 bridgehead atoms. The Morgan fingerprint density at radius 1 is 1.14 bits per heavy atom. The Hall–Kier alpha value is -2.66. The van der Waals surface area contributed by atoms with E-state index in [-0.39, 0.29) is 29.7 Å². The Balaban J connectivity index is 1.77. The highest BCUT2D eigenvalue weighted by Gasteiger charge is 2.26. The Bertz CT molecular complexity index is 861. The van der Waals surface area contributed by atoms with Crippen LogP contribution >= 0.6 is 0 Å². The van der Waals surface area contributed by atoms with Gasteiger partial charge in [0.1, 0.15) is 0 Å². The van der Waals surface area contributed by atoms with Crippen LogP contribution in [0.15, 0.2) is 48.5 Å². The van der Waals surface area contributed by atoms with Crippen LogP contribution in [0.3, 0.4) is 0 Å². The van der Waals surface area contributed by atoms with E-state index in [1.165, 1.54) is 5.56 Å². The van der Waals surface area contributed by atoms with E-state index in [1.54, 1.807) is 12.1 Å². The molecule has 29 heavy (non-hydrogen) atoms. The average molecular weight is 395 g/mol. The quantitative estimate of drug-likeness (QED) is 0.825. The van der Waals surface area contributed by atoms with Crippen molar-refractivity contribution in [3.8, 4) is 0 Å². The number of anilines is 1. The number of benzene rings is 2. The van der Waals surface area contributed by atoms with Gasteiger partial charge in [0.15, 0.2) is 0 Å². The van der Waals surface area contributed by atoms with Gasteiger partial charge in [0.05, 0.1) is 25.2 Å². The van der Waals surface area contributed by atoms with Gasteiger partial charge < -0.3 is 15.0 Å². The maximum absolute atomic E-state index is 13.1. The van der Waals surface area contributed by atoms with Gasteiger partial charge in [0.25, 0.3) is 5.91 Å². The van der Waals surface area contributed by atoms with Crippen molar-refractivity contribution in [3.63, 3.8) is 0 Å². The van der Waals surface area contributed by atoms with Gasteiger partial charge in [-0.05, 0) is 43.5 Å². The van der Waals surface area contributed by atoms with Gasteiger partial charge in [0, 0.05) is 17.8 Å². The first-order valence-electron chi connectivity index (χ1n) is 10.2. The maximum Gasteiger partial charge on any atom is 0.254 e. The van der Waals surface area contributed by atoms with Crippen LogP contribution in [0.1, 0.15) is 48.2 Å². The number of aryl methyl sites for hydroxylation is 1. The molecule has 1 heterocycles. The third-order valence-corrected chi connectivity index (χ3v) is 5.39. The molecule has 1 aliphatic rings. The Kier molecular flexibility index (Phi) is 6.70. The molecule has 5 nitrogen and oxygen atoms in total. The lowest BCUT2D eigenvalue weighted by Crippen LogP contribution is -2.47. The SMILES string of the molecule is Cc1ccc(C(C(=O)Nc2cccc(C(=O)N3CCOCC3C)c2)C(C)C)cc1.